The molecule has 1 aliphatic heterocycles. The number of anilines is 2. The number of ether oxygens (including phenoxy) is 1. The highest BCUT2D eigenvalue weighted by molar-refractivity contribution is 7.89. The fraction of sp³-hybridized carbons (Fsp3) is 0.417. The van der Waals surface area contributed by atoms with E-state index in [0.717, 1.165) is 12.8 Å². The Hall–Kier alpha value is -3.11. The molecule has 0 radical (unpaired) electrons. The van der Waals surface area contributed by atoms with E-state index in [2.05, 4.69) is 16.0 Å². The summed E-state index contributed by atoms with van der Waals surface area (Å²) >= 11 is 0. The van der Waals surface area contributed by atoms with Gasteiger partial charge in [-0.3, -0.25) is 4.79 Å². The van der Waals surface area contributed by atoms with Gasteiger partial charge in [-0.05, 0) is 56.0 Å². The van der Waals surface area contributed by atoms with E-state index in [1.54, 1.807) is 43.3 Å². The normalized spacial score (nSPS) is 15.1. The Labute approximate surface area is 200 Å². The maximum absolute atomic E-state index is 13.2. The molecule has 2 aromatic rings. The molecule has 0 aliphatic carbocycles. The number of sulfonamides is 1. The molecule has 10 heteroatoms. The smallest absolute Gasteiger partial charge is 0.319 e. The van der Waals surface area contributed by atoms with Crippen LogP contribution in [0.1, 0.15) is 33.6 Å². The number of nitrogens with zero attached hydrogens (tertiary/aromatic N) is 1. The summed E-state index contributed by atoms with van der Waals surface area (Å²) in [5, 5.41) is 8.13. The van der Waals surface area contributed by atoms with E-state index in [1.165, 1.54) is 10.4 Å². The molecule has 0 saturated carbocycles. The summed E-state index contributed by atoms with van der Waals surface area (Å²) in [6, 6.07) is 12.1. The van der Waals surface area contributed by atoms with Gasteiger partial charge in [0.15, 0.2) is 0 Å². The van der Waals surface area contributed by atoms with Crippen molar-refractivity contribution in [1.29, 1.82) is 0 Å². The summed E-state index contributed by atoms with van der Waals surface area (Å²) in [5.74, 6) is -0.419. The first-order chi connectivity index (χ1) is 16.2. The Morgan fingerprint density at radius 2 is 1.68 bits per heavy atom. The Morgan fingerprint density at radius 3 is 2.29 bits per heavy atom. The molecule has 1 heterocycles. The summed E-state index contributed by atoms with van der Waals surface area (Å²) in [5.41, 5.74) is 0.910. The second kappa shape index (κ2) is 11.3. The highest BCUT2D eigenvalue weighted by atomic mass is 32.2. The first kappa shape index (κ1) is 25.5. The summed E-state index contributed by atoms with van der Waals surface area (Å²) in [6.45, 7) is 6.63. The molecule has 1 saturated heterocycles. The van der Waals surface area contributed by atoms with Crippen molar-refractivity contribution >= 4 is 33.3 Å². The molecule has 3 amide bonds. The summed E-state index contributed by atoms with van der Waals surface area (Å²) < 4.78 is 33.4. The lowest BCUT2D eigenvalue weighted by Gasteiger charge is -2.23. The quantitative estimate of drug-likeness (QED) is 0.498. The van der Waals surface area contributed by atoms with E-state index in [9.17, 15) is 18.0 Å². The lowest BCUT2D eigenvalue weighted by molar-refractivity contribution is -0.118. The molecule has 1 fully saturated rings. The molecule has 0 spiro atoms. The third-order valence-corrected chi connectivity index (χ3v) is 7.38. The Bertz CT molecular complexity index is 1100. The van der Waals surface area contributed by atoms with E-state index in [1.807, 2.05) is 19.9 Å². The zero-order valence-electron chi connectivity index (χ0n) is 19.7. The Balaban J connectivity index is 1.78. The first-order valence-corrected chi connectivity index (χ1v) is 12.9. The van der Waals surface area contributed by atoms with Gasteiger partial charge >= 0.3 is 6.03 Å². The number of carbonyl (C=O) groups is 2. The fourth-order valence-corrected chi connectivity index (χ4v) is 5.39. The van der Waals surface area contributed by atoms with Crippen LogP contribution in [0.25, 0.3) is 0 Å². The number of carbonyl (C=O) groups excluding carboxylic acids is 2. The third-order valence-electron chi connectivity index (χ3n) is 5.46. The monoisotopic (exact) mass is 488 g/mol. The van der Waals surface area contributed by atoms with Gasteiger partial charge in [0.2, 0.25) is 15.9 Å². The second-order valence-corrected chi connectivity index (χ2v) is 10.3. The lowest BCUT2D eigenvalue weighted by atomic mass is 10.0. The number of nitrogens with one attached hydrogen (secondary N) is 3. The van der Waals surface area contributed by atoms with Gasteiger partial charge in [-0.2, -0.15) is 4.31 Å². The Morgan fingerprint density at radius 1 is 1.00 bits per heavy atom. The van der Waals surface area contributed by atoms with E-state index < -0.39 is 28.0 Å². The second-order valence-electron chi connectivity index (χ2n) is 8.38. The van der Waals surface area contributed by atoms with E-state index in [-0.39, 0.29) is 16.6 Å². The summed E-state index contributed by atoms with van der Waals surface area (Å²) in [4.78, 5) is 25.5. The van der Waals surface area contributed by atoms with E-state index in [4.69, 9.17) is 4.74 Å². The maximum Gasteiger partial charge on any atom is 0.319 e. The SMILES string of the molecule is CCOc1ccc(NC(=O)[C@@H](NC(=O)Nc2ccccc2)C(C)C)cc1S(=O)(=O)N1CCCC1. The Kier molecular flexibility index (Phi) is 8.51. The van der Waals surface area contributed by atoms with Gasteiger partial charge < -0.3 is 20.7 Å². The molecule has 3 rings (SSSR count). The standard InChI is InChI=1S/C24H32N4O5S/c1-4-33-20-13-12-19(16-21(20)34(31,32)28-14-8-9-15-28)25-23(29)22(17(2)3)27-24(30)26-18-10-6-5-7-11-18/h5-7,10-13,16-17,22H,4,8-9,14-15H2,1-3H3,(H,25,29)(H2,26,27,30)/t22-/m0/s1. The highest BCUT2D eigenvalue weighted by Gasteiger charge is 2.31. The van der Waals surface area contributed by atoms with Gasteiger partial charge in [-0.15, -0.1) is 0 Å². The van der Waals surface area contributed by atoms with Crippen molar-refractivity contribution in [2.24, 2.45) is 5.92 Å². The van der Waals surface area contributed by atoms with Crippen molar-refractivity contribution in [3.63, 3.8) is 0 Å². The van der Waals surface area contributed by atoms with Crippen molar-refractivity contribution in [3.8, 4) is 5.75 Å². The zero-order valence-corrected chi connectivity index (χ0v) is 20.5. The number of urea groups is 1. The summed E-state index contributed by atoms with van der Waals surface area (Å²) in [7, 11) is -3.76. The van der Waals surface area contributed by atoms with Crippen molar-refractivity contribution in [2.45, 2.75) is 44.6 Å². The predicted molar refractivity (Wildman–Crippen MR) is 131 cm³/mol. The molecule has 0 unspecified atom stereocenters. The van der Waals surface area contributed by atoms with E-state index in [0.29, 0.717) is 31.1 Å². The molecule has 1 atom stereocenters. The highest BCUT2D eigenvalue weighted by Crippen LogP contribution is 2.31. The van der Waals surface area contributed by atoms with Crippen LogP contribution >= 0.6 is 0 Å². The number of para-hydroxylation sites is 1. The van der Waals surface area contributed by atoms with Gasteiger partial charge in [0, 0.05) is 24.5 Å². The van der Waals surface area contributed by atoms with Crippen molar-refractivity contribution in [1.82, 2.24) is 9.62 Å². The zero-order chi connectivity index (χ0) is 24.7. The van der Waals surface area contributed by atoms with Crippen molar-refractivity contribution < 1.29 is 22.7 Å². The van der Waals surface area contributed by atoms with Crippen molar-refractivity contribution in [3.05, 3.63) is 48.5 Å². The molecule has 2 aromatic carbocycles. The van der Waals surface area contributed by atoms with Gasteiger partial charge in [0.05, 0.1) is 6.61 Å². The number of benzene rings is 2. The molecule has 0 aromatic heterocycles. The molecule has 9 nitrogen and oxygen atoms in total. The van der Waals surface area contributed by atoms with Gasteiger partial charge in [0.1, 0.15) is 16.7 Å². The molecular weight excluding hydrogens is 456 g/mol. The van der Waals surface area contributed by atoms with Crippen LogP contribution in [0.5, 0.6) is 5.75 Å². The van der Waals surface area contributed by atoms with Gasteiger partial charge in [-0.25, -0.2) is 13.2 Å². The third kappa shape index (κ3) is 6.27. The average molecular weight is 489 g/mol. The van der Waals surface area contributed by atoms with E-state index >= 15 is 0 Å². The largest absolute Gasteiger partial charge is 0.492 e. The van der Waals surface area contributed by atoms with Crippen LogP contribution in [-0.2, 0) is 14.8 Å². The first-order valence-electron chi connectivity index (χ1n) is 11.4. The van der Waals surface area contributed by atoms with Crippen LogP contribution in [0.15, 0.2) is 53.4 Å². The van der Waals surface area contributed by atoms with Crippen LogP contribution in [0.3, 0.4) is 0 Å². The molecule has 3 N–H and O–H groups in total. The average Bonchev–Trinajstić information content (AvgIpc) is 3.35. The molecule has 1 aliphatic rings. The maximum atomic E-state index is 13.2. The van der Waals surface area contributed by atoms with Crippen LogP contribution < -0.4 is 20.7 Å². The van der Waals surface area contributed by atoms with Gasteiger partial charge in [0.25, 0.3) is 0 Å². The molecule has 34 heavy (non-hydrogen) atoms. The fourth-order valence-electron chi connectivity index (χ4n) is 3.71. The minimum atomic E-state index is -3.76. The minimum Gasteiger partial charge on any atom is -0.492 e. The molecule has 0 bridgehead atoms. The van der Waals surface area contributed by atoms with Crippen LogP contribution in [-0.4, -0.2) is 50.4 Å². The number of amides is 3. The van der Waals surface area contributed by atoms with Crippen LogP contribution in [0.2, 0.25) is 0 Å². The minimum absolute atomic E-state index is 0.0185. The predicted octanol–water partition coefficient (Wildman–Crippen LogP) is 3.65. The van der Waals surface area contributed by atoms with Crippen molar-refractivity contribution in [2.75, 3.05) is 30.3 Å². The molecular formula is C24H32N4O5S. The number of rotatable bonds is 9. The van der Waals surface area contributed by atoms with Crippen LogP contribution in [0.4, 0.5) is 16.2 Å². The molecule has 184 valence electrons. The lowest BCUT2D eigenvalue weighted by Crippen LogP contribution is -2.48. The summed E-state index contributed by atoms with van der Waals surface area (Å²) in [6.07, 6.45) is 1.62. The van der Waals surface area contributed by atoms with Crippen LogP contribution in [0, 0.1) is 5.92 Å². The van der Waals surface area contributed by atoms with Gasteiger partial charge in [-0.1, -0.05) is 32.0 Å². The number of hydrogen-bond donors (Lipinski definition) is 3. The number of hydrogen-bond acceptors (Lipinski definition) is 5. The topological polar surface area (TPSA) is 117 Å².